The SMILES string of the molecule is COc1ccc(S(=O)(=O)N(CCc2ccccc2)CC(=O)NCCNc2ccnc3cc(Cl)ccc23)cc1C. The first-order valence-electron chi connectivity index (χ1n) is 12.5. The number of carbonyl (C=O) groups is 1. The molecule has 2 N–H and O–H groups in total. The number of methoxy groups -OCH3 is 1. The van der Waals surface area contributed by atoms with Gasteiger partial charge >= 0.3 is 0 Å². The van der Waals surface area contributed by atoms with Gasteiger partial charge in [-0.15, -0.1) is 0 Å². The third kappa shape index (κ3) is 7.26. The van der Waals surface area contributed by atoms with Crippen LogP contribution in [0.3, 0.4) is 0 Å². The number of benzene rings is 3. The molecule has 1 heterocycles. The molecule has 10 heteroatoms. The van der Waals surface area contributed by atoms with E-state index in [0.29, 0.717) is 35.8 Å². The van der Waals surface area contributed by atoms with Crippen molar-refractivity contribution in [3.63, 3.8) is 0 Å². The van der Waals surface area contributed by atoms with Crippen molar-refractivity contribution < 1.29 is 17.9 Å². The molecule has 0 spiro atoms. The van der Waals surface area contributed by atoms with Crippen LogP contribution in [0.5, 0.6) is 5.75 Å². The Kier molecular flexibility index (Phi) is 9.40. The van der Waals surface area contributed by atoms with E-state index in [9.17, 15) is 13.2 Å². The van der Waals surface area contributed by atoms with E-state index >= 15 is 0 Å². The summed E-state index contributed by atoms with van der Waals surface area (Å²) < 4.78 is 33.7. The molecule has 204 valence electrons. The van der Waals surface area contributed by atoms with Crippen LogP contribution in [0, 0.1) is 6.92 Å². The Balaban J connectivity index is 1.41. The van der Waals surface area contributed by atoms with Crippen molar-refractivity contribution in [3.8, 4) is 5.75 Å². The van der Waals surface area contributed by atoms with E-state index < -0.39 is 10.0 Å². The summed E-state index contributed by atoms with van der Waals surface area (Å²) in [4.78, 5) is 17.3. The second-order valence-electron chi connectivity index (χ2n) is 9.00. The van der Waals surface area contributed by atoms with Crippen LogP contribution in [0.4, 0.5) is 5.69 Å². The number of nitrogens with zero attached hydrogens (tertiary/aromatic N) is 2. The largest absolute Gasteiger partial charge is 0.496 e. The van der Waals surface area contributed by atoms with E-state index in [4.69, 9.17) is 16.3 Å². The monoisotopic (exact) mass is 566 g/mol. The lowest BCUT2D eigenvalue weighted by Crippen LogP contribution is -2.42. The third-order valence-corrected chi connectivity index (χ3v) is 8.36. The number of nitrogens with one attached hydrogen (secondary N) is 2. The average Bonchev–Trinajstić information content (AvgIpc) is 2.93. The zero-order chi connectivity index (χ0) is 27.8. The summed E-state index contributed by atoms with van der Waals surface area (Å²) in [5.74, 6) is 0.213. The lowest BCUT2D eigenvalue weighted by atomic mass is 10.1. The Morgan fingerprint density at radius 1 is 1.03 bits per heavy atom. The van der Waals surface area contributed by atoms with Crippen LogP contribution in [0.1, 0.15) is 11.1 Å². The summed E-state index contributed by atoms with van der Waals surface area (Å²) >= 11 is 6.06. The zero-order valence-corrected chi connectivity index (χ0v) is 23.4. The molecule has 0 aliphatic heterocycles. The van der Waals surface area contributed by atoms with Gasteiger partial charge in [-0.3, -0.25) is 9.78 Å². The van der Waals surface area contributed by atoms with E-state index in [1.165, 1.54) is 17.5 Å². The number of amides is 1. The molecule has 0 saturated carbocycles. The molecule has 0 saturated heterocycles. The maximum Gasteiger partial charge on any atom is 0.243 e. The Bertz CT molecular complexity index is 1550. The van der Waals surface area contributed by atoms with Crippen molar-refractivity contribution in [1.82, 2.24) is 14.6 Å². The van der Waals surface area contributed by atoms with Crippen molar-refractivity contribution in [2.45, 2.75) is 18.2 Å². The molecule has 8 nitrogen and oxygen atoms in total. The van der Waals surface area contributed by atoms with E-state index in [0.717, 1.165) is 22.2 Å². The van der Waals surface area contributed by atoms with Crippen molar-refractivity contribution in [3.05, 3.63) is 95.1 Å². The quantitative estimate of drug-likeness (QED) is 0.242. The number of aromatic nitrogens is 1. The number of aryl methyl sites for hydroxylation is 1. The number of rotatable bonds is 12. The number of carbonyl (C=O) groups excluding carboxylic acids is 1. The van der Waals surface area contributed by atoms with E-state index in [1.807, 2.05) is 42.5 Å². The minimum Gasteiger partial charge on any atom is -0.496 e. The zero-order valence-electron chi connectivity index (χ0n) is 21.9. The second kappa shape index (κ2) is 12.9. The second-order valence-corrected chi connectivity index (χ2v) is 11.4. The smallest absolute Gasteiger partial charge is 0.243 e. The number of fused-ring (bicyclic) bond motifs is 1. The Hall–Kier alpha value is -3.66. The molecule has 39 heavy (non-hydrogen) atoms. The van der Waals surface area contributed by atoms with Crippen molar-refractivity contribution in [2.24, 2.45) is 0 Å². The third-order valence-electron chi connectivity index (χ3n) is 6.28. The van der Waals surface area contributed by atoms with Gasteiger partial charge in [-0.05, 0) is 66.9 Å². The number of anilines is 1. The maximum absolute atomic E-state index is 13.6. The highest BCUT2D eigenvalue weighted by Gasteiger charge is 2.27. The van der Waals surface area contributed by atoms with Gasteiger partial charge in [0.2, 0.25) is 15.9 Å². The molecule has 0 unspecified atom stereocenters. The first-order chi connectivity index (χ1) is 18.8. The van der Waals surface area contributed by atoms with Crippen molar-refractivity contribution in [1.29, 1.82) is 0 Å². The predicted octanol–water partition coefficient (Wildman–Crippen LogP) is 4.67. The predicted molar refractivity (Wildman–Crippen MR) is 155 cm³/mol. The van der Waals surface area contributed by atoms with E-state index in [2.05, 4.69) is 15.6 Å². The van der Waals surface area contributed by atoms with Crippen LogP contribution in [-0.4, -0.2) is 56.9 Å². The Labute approximate surface area is 234 Å². The van der Waals surface area contributed by atoms with Gasteiger partial charge in [0.1, 0.15) is 5.75 Å². The molecule has 1 aromatic heterocycles. The minimum atomic E-state index is -3.93. The molecule has 0 bridgehead atoms. The lowest BCUT2D eigenvalue weighted by Gasteiger charge is -2.22. The molecule has 0 radical (unpaired) electrons. The van der Waals surface area contributed by atoms with Crippen LogP contribution in [0.25, 0.3) is 10.9 Å². The Morgan fingerprint density at radius 3 is 2.56 bits per heavy atom. The highest BCUT2D eigenvalue weighted by Crippen LogP contribution is 2.25. The van der Waals surface area contributed by atoms with Gasteiger partial charge in [-0.25, -0.2) is 8.42 Å². The fourth-order valence-corrected chi connectivity index (χ4v) is 5.88. The topological polar surface area (TPSA) is 101 Å². The normalized spacial score (nSPS) is 11.5. The summed E-state index contributed by atoms with van der Waals surface area (Å²) in [6, 6.07) is 21.6. The summed E-state index contributed by atoms with van der Waals surface area (Å²) in [5, 5.41) is 7.65. The van der Waals surface area contributed by atoms with E-state index in [-0.39, 0.29) is 23.9 Å². The number of hydrogen-bond donors (Lipinski definition) is 2. The number of pyridine rings is 1. The molecular weight excluding hydrogens is 536 g/mol. The molecule has 3 aromatic carbocycles. The van der Waals surface area contributed by atoms with Crippen LogP contribution in [0.2, 0.25) is 5.02 Å². The number of ether oxygens (including phenoxy) is 1. The molecule has 0 atom stereocenters. The van der Waals surface area contributed by atoms with Gasteiger partial charge in [0, 0.05) is 41.9 Å². The molecule has 1 amide bonds. The van der Waals surface area contributed by atoms with E-state index in [1.54, 1.807) is 37.4 Å². The van der Waals surface area contributed by atoms with Gasteiger partial charge in [-0.1, -0.05) is 41.9 Å². The fraction of sp³-hybridized carbons (Fsp3) is 0.241. The van der Waals surface area contributed by atoms with Gasteiger partial charge in [0.15, 0.2) is 0 Å². The summed E-state index contributed by atoms with van der Waals surface area (Å²) in [6.45, 7) is 2.41. The average molecular weight is 567 g/mol. The van der Waals surface area contributed by atoms with Crippen molar-refractivity contribution >= 4 is 44.1 Å². The standard InChI is InChI=1S/C29H31ClN4O4S/c1-21-18-24(9-11-28(21)38-2)39(36,37)34(17-13-22-6-4-3-5-7-22)20-29(35)33-16-15-32-26-12-14-31-27-19-23(30)8-10-25(26)27/h3-12,14,18-19H,13,15-17,20H2,1-2H3,(H,31,32)(H,33,35). The highest BCUT2D eigenvalue weighted by atomic mass is 35.5. The first kappa shape index (κ1) is 28.4. The van der Waals surface area contributed by atoms with Gasteiger partial charge in [0.05, 0.1) is 24.1 Å². The number of sulfonamides is 1. The van der Waals surface area contributed by atoms with Crippen molar-refractivity contribution in [2.75, 3.05) is 38.6 Å². The van der Waals surface area contributed by atoms with Gasteiger partial charge in [-0.2, -0.15) is 4.31 Å². The Morgan fingerprint density at radius 2 is 1.82 bits per heavy atom. The number of halogens is 1. The van der Waals surface area contributed by atoms with Gasteiger partial charge in [0.25, 0.3) is 0 Å². The molecule has 0 aliphatic carbocycles. The number of hydrogen-bond acceptors (Lipinski definition) is 6. The van der Waals surface area contributed by atoms with Gasteiger partial charge < -0.3 is 15.4 Å². The van der Waals surface area contributed by atoms with Crippen LogP contribution in [0.15, 0.2) is 83.9 Å². The maximum atomic E-state index is 13.6. The summed E-state index contributed by atoms with van der Waals surface area (Å²) in [7, 11) is -2.40. The fourth-order valence-electron chi connectivity index (χ4n) is 4.23. The molecule has 0 fully saturated rings. The molecule has 0 aliphatic rings. The lowest BCUT2D eigenvalue weighted by molar-refractivity contribution is -0.121. The van der Waals surface area contributed by atoms with Crippen LogP contribution in [-0.2, 0) is 21.2 Å². The van der Waals surface area contributed by atoms with Crippen LogP contribution < -0.4 is 15.4 Å². The summed E-state index contributed by atoms with van der Waals surface area (Å²) in [5.41, 5.74) is 3.32. The first-order valence-corrected chi connectivity index (χ1v) is 14.3. The molecule has 4 aromatic rings. The highest BCUT2D eigenvalue weighted by molar-refractivity contribution is 7.89. The van der Waals surface area contributed by atoms with Crippen LogP contribution >= 0.6 is 11.6 Å². The minimum absolute atomic E-state index is 0.119. The molecular formula is C29H31ClN4O4S. The molecule has 4 rings (SSSR count). The summed E-state index contributed by atoms with van der Waals surface area (Å²) in [6.07, 6.45) is 2.17.